The van der Waals surface area contributed by atoms with Crippen molar-refractivity contribution in [3.05, 3.63) is 205 Å². The van der Waals surface area contributed by atoms with Gasteiger partial charge in [0.15, 0.2) is 0 Å². The SMILES string of the molecule is Cc1cc(C)c(-c2ccc3[n-]c4c(-c5nc6c(-c7[c-]c8c(cc7)c7ccccc7n8-c7ccccn7)cccc6n5-c5ccccc5)cc(-c5ccccc5)cc4c3c2)c(C)c1.[Pt+2]. The molecule has 0 saturated carbocycles. The van der Waals surface area contributed by atoms with Gasteiger partial charge in [-0.25, -0.2) is 9.97 Å². The summed E-state index contributed by atoms with van der Waals surface area (Å²) in [7, 11) is 0. The molecular weight excluding hydrogens is 950 g/mol. The van der Waals surface area contributed by atoms with Crippen LogP contribution in [-0.2, 0) is 21.1 Å². The van der Waals surface area contributed by atoms with Gasteiger partial charge in [-0.15, -0.1) is 34.8 Å². The van der Waals surface area contributed by atoms with Gasteiger partial charge in [0.05, 0.1) is 11.0 Å². The van der Waals surface area contributed by atoms with Crippen molar-refractivity contribution in [2.45, 2.75) is 20.8 Å². The molecule has 63 heavy (non-hydrogen) atoms. The van der Waals surface area contributed by atoms with E-state index in [-0.39, 0.29) is 21.1 Å². The Morgan fingerprint density at radius 1 is 0.524 bits per heavy atom. The number of benzene rings is 8. The van der Waals surface area contributed by atoms with Crippen LogP contribution in [0.5, 0.6) is 0 Å². The van der Waals surface area contributed by atoms with Gasteiger partial charge in [0.25, 0.3) is 0 Å². The summed E-state index contributed by atoms with van der Waals surface area (Å²) in [6.45, 7) is 6.59. The summed E-state index contributed by atoms with van der Waals surface area (Å²) in [4.78, 5) is 15.9. The van der Waals surface area contributed by atoms with Crippen molar-refractivity contribution in [1.29, 1.82) is 0 Å². The minimum absolute atomic E-state index is 0. The van der Waals surface area contributed by atoms with Gasteiger partial charge in [0.2, 0.25) is 0 Å². The van der Waals surface area contributed by atoms with E-state index in [1.165, 1.54) is 27.8 Å². The van der Waals surface area contributed by atoms with Gasteiger partial charge in [0.1, 0.15) is 11.6 Å². The minimum Gasteiger partial charge on any atom is -0.656 e. The first-order valence-electron chi connectivity index (χ1n) is 21.1. The smallest absolute Gasteiger partial charge is 0.656 e. The molecule has 0 aliphatic carbocycles. The fourth-order valence-electron chi connectivity index (χ4n) is 9.80. The molecule has 4 heterocycles. The summed E-state index contributed by atoms with van der Waals surface area (Å²) in [6.07, 6.45) is 1.84. The zero-order valence-corrected chi connectivity index (χ0v) is 37.1. The minimum atomic E-state index is 0. The van der Waals surface area contributed by atoms with E-state index in [1.807, 2.05) is 18.3 Å². The standard InChI is InChI=1S/C57H39N5.Pt/c1-35-29-36(2)54(37(3)30-35)40-25-27-49-46(31-40)47-32-41(38-15-6-4-7-16-38)33-48(55(47)59-49)57-60-56-43(20-14-22-51(56)61(57)42-17-8-5-9-18-42)39-24-26-45-44-19-10-11-21-50(44)62(52(45)34-39)53-23-12-13-28-58-53;/h4-33H,1-3H3;/q-2;+2. The quantitative estimate of drug-likeness (QED) is 0.156. The van der Waals surface area contributed by atoms with Crippen LogP contribution in [0.3, 0.4) is 0 Å². The number of fused-ring (bicyclic) bond motifs is 7. The van der Waals surface area contributed by atoms with Crippen molar-refractivity contribution in [1.82, 2.24) is 24.1 Å². The Morgan fingerprint density at radius 2 is 1.25 bits per heavy atom. The fraction of sp³-hybridized carbons (Fsp3) is 0.0526. The molecule has 0 fully saturated rings. The molecule has 0 bridgehead atoms. The molecule has 0 unspecified atom stereocenters. The average molecular weight is 989 g/mol. The zero-order valence-electron chi connectivity index (χ0n) is 34.9. The van der Waals surface area contributed by atoms with E-state index in [4.69, 9.17) is 15.0 Å². The maximum atomic E-state index is 5.67. The third-order valence-corrected chi connectivity index (χ3v) is 12.4. The molecule has 6 heteroatoms. The van der Waals surface area contributed by atoms with Crippen LogP contribution in [0, 0.1) is 26.8 Å². The normalized spacial score (nSPS) is 11.6. The maximum Gasteiger partial charge on any atom is 2.00 e. The van der Waals surface area contributed by atoms with Crippen LogP contribution in [0.2, 0.25) is 0 Å². The van der Waals surface area contributed by atoms with Gasteiger partial charge in [-0.1, -0.05) is 126 Å². The number of aromatic nitrogens is 5. The van der Waals surface area contributed by atoms with Gasteiger partial charge in [-0.2, -0.15) is 0 Å². The number of nitrogens with zero attached hydrogens (tertiary/aromatic N) is 5. The van der Waals surface area contributed by atoms with Crippen molar-refractivity contribution in [3.63, 3.8) is 0 Å². The molecule has 0 aliphatic rings. The van der Waals surface area contributed by atoms with Crippen molar-refractivity contribution >= 4 is 54.6 Å². The van der Waals surface area contributed by atoms with Gasteiger partial charge in [0, 0.05) is 23.0 Å². The molecule has 0 N–H and O–H groups in total. The molecule has 302 valence electrons. The second-order valence-corrected chi connectivity index (χ2v) is 16.4. The summed E-state index contributed by atoms with van der Waals surface area (Å²) in [5.74, 6) is 1.69. The van der Waals surface area contributed by atoms with E-state index in [2.05, 4.69) is 200 Å². The third kappa shape index (κ3) is 6.26. The number of aryl methyl sites for hydroxylation is 3. The summed E-state index contributed by atoms with van der Waals surface area (Å²) in [5, 5.41) is 4.53. The molecule has 0 aliphatic heterocycles. The summed E-state index contributed by atoms with van der Waals surface area (Å²) < 4.78 is 4.52. The number of hydrogen-bond donors (Lipinski definition) is 0. The summed E-state index contributed by atoms with van der Waals surface area (Å²) in [5.41, 5.74) is 18.4. The van der Waals surface area contributed by atoms with Gasteiger partial charge in [-0.3, -0.25) is 4.57 Å². The Bertz CT molecular complexity index is 3690. The van der Waals surface area contributed by atoms with Crippen LogP contribution in [0.15, 0.2) is 182 Å². The van der Waals surface area contributed by atoms with E-state index in [0.29, 0.717) is 0 Å². The van der Waals surface area contributed by atoms with Crippen LogP contribution in [-0.4, -0.2) is 19.1 Å². The van der Waals surface area contributed by atoms with Crippen LogP contribution in [0.25, 0.3) is 111 Å². The molecule has 0 saturated heterocycles. The predicted octanol–water partition coefficient (Wildman–Crippen LogP) is 14.2. The Hall–Kier alpha value is -7.33. The van der Waals surface area contributed by atoms with Crippen molar-refractivity contribution in [2.75, 3.05) is 0 Å². The second-order valence-electron chi connectivity index (χ2n) is 16.4. The zero-order chi connectivity index (χ0) is 41.5. The van der Waals surface area contributed by atoms with E-state index in [1.54, 1.807) is 0 Å². The van der Waals surface area contributed by atoms with Gasteiger partial charge in [-0.05, 0) is 130 Å². The Kier molecular flexibility index (Phi) is 9.33. The molecule has 0 spiro atoms. The first kappa shape index (κ1) is 38.6. The molecule has 5 nitrogen and oxygen atoms in total. The number of para-hydroxylation sites is 3. The second kappa shape index (κ2) is 15.2. The fourth-order valence-corrected chi connectivity index (χ4v) is 9.80. The van der Waals surface area contributed by atoms with Gasteiger partial charge >= 0.3 is 21.1 Å². The van der Waals surface area contributed by atoms with Crippen LogP contribution in [0.4, 0.5) is 0 Å². The molecule has 8 aromatic carbocycles. The summed E-state index contributed by atoms with van der Waals surface area (Å²) in [6, 6.07) is 66.4. The molecule has 12 rings (SSSR count). The number of rotatable bonds is 6. The van der Waals surface area contributed by atoms with E-state index >= 15 is 0 Å². The Morgan fingerprint density at radius 3 is 2.05 bits per heavy atom. The third-order valence-electron chi connectivity index (χ3n) is 12.4. The maximum absolute atomic E-state index is 5.67. The first-order valence-corrected chi connectivity index (χ1v) is 21.1. The number of hydrogen-bond acceptors (Lipinski definition) is 2. The summed E-state index contributed by atoms with van der Waals surface area (Å²) >= 11 is 0. The topological polar surface area (TPSA) is 49.7 Å². The first-order chi connectivity index (χ1) is 30.5. The van der Waals surface area contributed by atoms with Crippen LogP contribution < -0.4 is 4.98 Å². The predicted molar refractivity (Wildman–Crippen MR) is 256 cm³/mol. The Balaban J connectivity index is 0.00000444. The number of imidazole rings is 1. The van der Waals surface area contributed by atoms with Gasteiger partial charge < -0.3 is 9.55 Å². The van der Waals surface area contributed by atoms with E-state index < -0.39 is 0 Å². The molecule has 12 aromatic rings. The molecule has 0 radical (unpaired) electrons. The molecule has 0 atom stereocenters. The largest absolute Gasteiger partial charge is 2.00 e. The monoisotopic (exact) mass is 988 g/mol. The van der Waals surface area contributed by atoms with Crippen LogP contribution in [0.1, 0.15) is 16.7 Å². The van der Waals surface area contributed by atoms with Crippen molar-refractivity contribution in [2.24, 2.45) is 0 Å². The average Bonchev–Trinajstić information content (AvgIpc) is 3.99. The molecular formula is C57H39N5Pt. The number of pyridine rings is 1. The molecule has 4 aromatic heterocycles. The molecule has 0 amide bonds. The van der Waals surface area contributed by atoms with Crippen molar-refractivity contribution in [3.8, 4) is 56.3 Å². The van der Waals surface area contributed by atoms with E-state index in [0.717, 1.165) is 99.8 Å². The van der Waals surface area contributed by atoms with E-state index in [9.17, 15) is 0 Å². The van der Waals surface area contributed by atoms with Crippen molar-refractivity contribution < 1.29 is 21.1 Å². The van der Waals surface area contributed by atoms with Crippen LogP contribution >= 0.6 is 0 Å². The Labute approximate surface area is 379 Å².